The summed E-state index contributed by atoms with van der Waals surface area (Å²) >= 11 is 17.1. The number of aryl methyl sites for hydroxylation is 6. The van der Waals surface area contributed by atoms with E-state index in [0.717, 1.165) is 141 Å². The van der Waals surface area contributed by atoms with Crippen LogP contribution in [0.1, 0.15) is 165 Å². The van der Waals surface area contributed by atoms with Gasteiger partial charge >= 0.3 is 18.3 Å². The maximum Gasteiger partial charge on any atom is 0.410 e. The zero-order valence-electron chi connectivity index (χ0n) is 77.0. The Kier molecular flexibility index (Phi) is 34.3. The number of nitrogens with two attached hydrogens (primary N) is 3. The van der Waals surface area contributed by atoms with Crippen LogP contribution in [0.3, 0.4) is 0 Å². The number of ether oxygens (including phenoxy) is 3. The Morgan fingerprint density at radius 1 is 0.447 bits per heavy atom. The first-order chi connectivity index (χ1) is 62.6. The highest BCUT2D eigenvalue weighted by Crippen LogP contribution is 2.49. The van der Waals surface area contributed by atoms with E-state index in [1.807, 2.05) is 144 Å². The fourth-order valence-corrected chi connectivity index (χ4v) is 23.6. The minimum absolute atomic E-state index is 0. The van der Waals surface area contributed by atoms with E-state index in [1.54, 1.807) is 102 Å². The summed E-state index contributed by atoms with van der Waals surface area (Å²) in [6.45, 7) is 37.2. The quantitative estimate of drug-likeness (QED) is 0.0462. The number of nitrogen functional groups attached to an aromatic ring is 3. The predicted octanol–water partition coefficient (Wildman–Crippen LogP) is 23.5. The molecular formula is C97H109N17O9S9. The Labute approximate surface area is 806 Å². The van der Waals surface area contributed by atoms with E-state index in [4.69, 9.17) is 62.1 Å². The van der Waals surface area contributed by atoms with Crippen LogP contribution in [0.25, 0.3) is 82.8 Å². The summed E-state index contributed by atoms with van der Waals surface area (Å²) in [5.41, 5.74) is 35.9. The van der Waals surface area contributed by atoms with Crippen molar-refractivity contribution in [3.8, 4) is 49.9 Å². The van der Waals surface area contributed by atoms with Crippen molar-refractivity contribution in [2.24, 2.45) is 0 Å². The van der Waals surface area contributed by atoms with E-state index >= 15 is 0 Å². The molecule has 1 fully saturated rings. The monoisotopic (exact) mass is 1940 g/mol. The van der Waals surface area contributed by atoms with Crippen molar-refractivity contribution in [2.75, 3.05) is 60.6 Å². The van der Waals surface area contributed by atoms with E-state index in [0.29, 0.717) is 70.1 Å². The number of carbonyl (C=O) groups excluding carboxylic acids is 6. The molecule has 8 aromatic heterocycles. The van der Waals surface area contributed by atoms with Crippen LogP contribution in [-0.4, -0.2) is 125 Å². The van der Waals surface area contributed by atoms with E-state index in [1.165, 1.54) is 92.2 Å². The number of amides is 5. The maximum absolute atomic E-state index is 12.5. The lowest BCUT2D eigenvalue weighted by Gasteiger charge is -2.30. The lowest BCUT2D eigenvalue weighted by molar-refractivity contribution is -0.121. The van der Waals surface area contributed by atoms with Gasteiger partial charge < -0.3 is 62.1 Å². The molecule has 690 valence electrons. The highest BCUT2D eigenvalue weighted by Gasteiger charge is 2.35. The second-order valence-corrected chi connectivity index (χ2v) is 43.5. The summed E-state index contributed by atoms with van der Waals surface area (Å²) < 4.78 is 22.1. The van der Waals surface area contributed by atoms with Crippen molar-refractivity contribution in [1.29, 1.82) is 15.8 Å². The molecule has 18 rings (SSSR count). The third kappa shape index (κ3) is 26.7. The van der Waals surface area contributed by atoms with Crippen LogP contribution in [-0.2, 0) is 73.9 Å². The SMILES string of the molecule is CC(=O)Nc1sc2c(c1-c1nc3c(C)cccc3s1)CCN(C(=O)OC(C)(C)C)C2.CC(=O)Nc1sc2c(c1-c1nc3c(C)cccc3s1)CCNC2.CC(C)(C)OC(=O)N1CCC(=O)CC1.Cc1cccc(S)c1N.Cc1cccc2sc(-c3c(N)sc4c3CCN(C(=O)OC(C)(C)C)C4)nc12.Cc1cccc2sc(CC#N)nc12.Cc1cccc2sc(N)nc12.N#CCC#N. The van der Waals surface area contributed by atoms with E-state index < -0.39 is 16.8 Å². The largest absolute Gasteiger partial charge is 0.444 e. The number of benzene rings is 6. The molecule has 0 spiro atoms. The number of thiazole rings is 5. The highest BCUT2D eigenvalue weighted by molar-refractivity contribution is 7.80. The normalized spacial score (nSPS) is 13.2. The molecule has 0 unspecified atom stereocenters. The van der Waals surface area contributed by atoms with Gasteiger partial charge in [-0.15, -0.1) is 92.0 Å². The Morgan fingerprint density at radius 3 is 1.20 bits per heavy atom. The molecule has 9 N–H and O–H groups in total. The molecular weight excluding hydrogens is 1840 g/mol. The summed E-state index contributed by atoms with van der Waals surface area (Å²) in [5, 5.41) is 40.1. The van der Waals surface area contributed by atoms with Crippen molar-refractivity contribution in [3.05, 3.63) is 179 Å². The number of carbonyl (C=O) groups is 6. The number of anilines is 5. The lowest BCUT2D eigenvalue weighted by Crippen LogP contribution is -2.41. The molecule has 6 aromatic carbocycles. The topological polar surface area (TPSA) is 390 Å². The molecule has 4 aliphatic rings. The number of rotatable bonds is 6. The van der Waals surface area contributed by atoms with Gasteiger partial charge in [0, 0.05) is 101 Å². The van der Waals surface area contributed by atoms with Gasteiger partial charge in [0.2, 0.25) is 11.8 Å². The van der Waals surface area contributed by atoms with Crippen LogP contribution in [0.15, 0.2) is 114 Å². The van der Waals surface area contributed by atoms with Crippen LogP contribution in [0.2, 0.25) is 0 Å². The summed E-state index contributed by atoms with van der Waals surface area (Å²) in [5.74, 6) is 0.0797. The van der Waals surface area contributed by atoms with Crippen LogP contribution >= 0.6 is 103 Å². The van der Waals surface area contributed by atoms with Gasteiger partial charge in [0.05, 0.1) is 93.8 Å². The van der Waals surface area contributed by atoms with Crippen molar-refractivity contribution in [3.63, 3.8) is 0 Å². The Balaban J connectivity index is 0.000000152. The molecule has 0 bridgehead atoms. The van der Waals surface area contributed by atoms with Gasteiger partial charge in [-0.1, -0.05) is 84.1 Å². The molecule has 132 heavy (non-hydrogen) atoms. The first kappa shape index (κ1) is 101. The second-order valence-electron chi connectivity index (χ2n) is 34.4. The Morgan fingerprint density at radius 2 is 0.811 bits per heavy atom. The number of piperidine rings is 1. The number of para-hydroxylation sites is 6. The van der Waals surface area contributed by atoms with E-state index in [9.17, 15) is 28.8 Å². The summed E-state index contributed by atoms with van der Waals surface area (Å²) in [4.78, 5) is 104. The number of ketones is 1. The summed E-state index contributed by atoms with van der Waals surface area (Å²) in [7, 11) is 0. The molecule has 0 aliphatic carbocycles. The Hall–Kier alpha value is -11.5. The van der Waals surface area contributed by atoms with Crippen LogP contribution < -0.4 is 33.2 Å². The number of hydrogen-bond acceptors (Lipinski definition) is 30. The fraction of sp³-hybridized carbons (Fsp3) is 0.361. The second kappa shape index (κ2) is 44.8. The first-order valence-corrected chi connectivity index (χ1v) is 49.7. The molecule has 5 amide bonds. The van der Waals surface area contributed by atoms with Gasteiger partial charge in [-0.2, -0.15) is 15.8 Å². The van der Waals surface area contributed by atoms with Gasteiger partial charge in [0.15, 0.2) is 5.13 Å². The number of nitrogens with one attached hydrogen (secondary N) is 3. The van der Waals surface area contributed by atoms with Crippen LogP contribution in [0, 0.1) is 75.5 Å². The minimum Gasteiger partial charge on any atom is -0.444 e. The number of fused-ring (bicyclic) bond motifs is 8. The smallest absolute Gasteiger partial charge is 0.410 e. The molecule has 14 aromatic rings. The summed E-state index contributed by atoms with van der Waals surface area (Å²) in [6, 6.07) is 42.1. The molecule has 0 radical (unpaired) electrons. The van der Waals surface area contributed by atoms with E-state index in [2.05, 4.69) is 114 Å². The zero-order chi connectivity index (χ0) is 95.8. The number of hydrogen-bond donors (Lipinski definition) is 7. The molecule has 26 nitrogen and oxygen atoms in total. The number of nitrogens with zero attached hydrogens (tertiary/aromatic N) is 11. The third-order valence-corrected chi connectivity index (χ3v) is 29.1. The average molecular weight is 1950 g/mol. The van der Waals surface area contributed by atoms with Gasteiger partial charge in [0.25, 0.3) is 0 Å². The number of likely N-dealkylation sites (tertiary alicyclic amines) is 1. The zero-order valence-corrected chi connectivity index (χ0v) is 84.5. The fourth-order valence-electron chi connectivity index (χ4n) is 14.2. The number of Topliss-reactive ketones (excluding diaryl/α,β-unsaturated/α-hetero) is 1. The van der Waals surface area contributed by atoms with Crippen molar-refractivity contribution in [2.45, 2.75) is 204 Å². The molecule has 4 aliphatic heterocycles. The standard InChI is InChI=1S/C22H25N3O3S2.C20H23N3O2S2.C17H17N3OS2.C10H8N2S.C10H17NO3.C8H8N2S.C7H9NS.C3H2N2/c1-12-7-6-8-15-18(12)24-20(29-15)17-14-9-10-25(21(27)28-22(3,4)5)11-16(14)30-19(17)23-13(2)26;1-11-6-5-7-13-16(11)22-18(27-13)15-12-8-9-23(10-14(12)26-17(15)21)19(24)25-20(2,3)4;1-9-4-3-5-12-15(9)20-17(22-12)14-11-6-7-18-8-13(11)23-16(14)19-10(2)21;1-7-3-2-4-8-10(7)12-9(13-8)5-6-11;1-10(2,3)14-9(13)11-6-4-8(12)5-7-11;1-5-3-2-4-6-7(5)10-8(9)11-6;1-5-3-2-4-6(9)7(5)8;4-2-1-3-5/h6-8H,9-11H2,1-5H3,(H,23,26);5-7H,8-10,21H2,1-4H3;3-5,18H,6-8H2,1-2H3,(H,19,21);2-4H,5H2,1H3;4-7H2,1-3H3;2-4H,1H3,(H2,9,10);2-4,9H,8H2,1H3;1H2. The number of thiol groups is 1. The molecule has 1 saturated heterocycles. The van der Waals surface area contributed by atoms with Crippen molar-refractivity contribution >= 4 is 216 Å². The first-order valence-electron chi connectivity index (χ1n) is 42.7. The average Bonchev–Trinajstić information content (AvgIpc) is 1.61. The van der Waals surface area contributed by atoms with E-state index in [-0.39, 0.29) is 42.3 Å². The Bertz CT molecular complexity index is 6660. The minimum atomic E-state index is -0.530. The molecule has 0 saturated carbocycles. The molecule has 35 heteroatoms. The van der Waals surface area contributed by atoms with Gasteiger partial charge in [-0.25, -0.2) is 39.3 Å². The summed E-state index contributed by atoms with van der Waals surface area (Å²) in [6.07, 6.45) is 2.90. The number of thiophene rings is 3. The number of aromatic nitrogens is 5. The lowest BCUT2D eigenvalue weighted by atomic mass is 10.0. The number of nitriles is 3. The molecule has 0 atom stereocenters. The van der Waals surface area contributed by atoms with Crippen molar-refractivity contribution < 1.29 is 43.0 Å². The maximum atomic E-state index is 12.5. The van der Waals surface area contributed by atoms with Crippen molar-refractivity contribution in [1.82, 2.24) is 44.9 Å². The predicted molar refractivity (Wildman–Crippen MR) is 545 cm³/mol. The molecule has 12 heterocycles. The van der Waals surface area contributed by atoms with Crippen LogP contribution in [0.4, 0.5) is 40.2 Å². The van der Waals surface area contributed by atoms with Gasteiger partial charge in [0.1, 0.15) is 59.0 Å². The van der Waals surface area contributed by atoms with Gasteiger partial charge in [-0.3, -0.25) is 14.4 Å². The van der Waals surface area contributed by atoms with Gasteiger partial charge in [-0.05, 0) is 216 Å². The highest BCUT2D eigenvalue weighted by atomic mass is 32.1. The van der Waals surface area contributed by atoms with Crippen LogP contribution in [0.5, 0.6) is 0 Å². The third-order valence-electron chi connectivity index (χ3n) is 20.4.